The second-order valence-corrected chi connectivity index (χ2v) is 6.43. The number of ether oxygens (including phenoxy) is 1. The van der Waals surface area contributed by atoms with Crippen LogP contribution in [-0.2, 0) is 17.1 Å². The molecule has 2 heterocycles. The molecule has 0 spiro atoms. The van der Waals surface area contributed by atoms with E-state index in [1.807, 2.05) is 0 Å². The Morgan fingerprint density at radius 1 is 1.06 bits per heavy atom. The lowest BCUT2D eigenvalue weighted by molar-refractivity contribution is -0.189. The quantitative estimate of drug-likeness (QED) is 0.661. The van der Waals surface area contributed by atoms with Crippen molar-refractivity contribution in [2.75, 3.05) is 13.1 Å². The van der Waals surface area contributed by atoms with E-state index in [-0.39, 0.29) is 10.7 Å². The number of hydrogen-bond acceptors (Lipinski definition) is 4. The van der Waals surface area contributed by atoms with E-state index in [0.29, 0.717) is 12.1 Å². The summed E-state index contributed by atoms with van der Waals surface area (Å²) in [6.07, 6.45) is -11.1. The molecule has 168 valence electrons. The van der Waals surface area contributed by atoms with Crippen LogP contribution < -0.4 is 5.56 Å². The second-order valence-electron chi connectivity index (χ2n) is 6.43. The molecule has 14 heteroatoms. The lowest BCUT2D eigenvalue weighted by atomic mass is 10.1. The number of carbonyl (C=O) groups is 1. The number of hydrogen-bond donors (Lipinski definition) is 0. The summed E-state index contributed by atoms with van der Waals surface area (Å²) in [6, 6.07) is 3.09. The van der Waals surface area contributed by atoms with E-state index in [2.05, 4.69) is 9.84 Å². The van der Waals surface area contributed by atoms with Gasteiger partial charge in [-0.3, -0.25) is 9.59 Å². The molecule has 1 aromatic carbocycles. The molecule has 1 aliphatic rings. The minimum absolute atomic E-state index is 0.0351. The van der Waals surface area contributed by atoms with Gasteiger partial charge in [-0.1, -0.05) is 6.07 Å². The van der Waals surface area contributed by atoms with Gasteiger partial charge in [-0.25, -0.2) is 0 Å². The summed E-state index contributed by atoms with van der Waals surface area (Å²) in [5, 5.41) is 3.36. The lowest BCUT2D eigenvalue weighted by Crippen LogP contribution is -2.55. The topological polar surface area (TPSA) is 64.4 Å². The van der Waals surface area contributed by atoms with Gasteiger partial charge in [-0.2, -0.15) is 44.9 Å². The predicted molar refractivity (Wildman–Crippen MR) is 86.6 cm³/mol. The van der Waals surface area contributed by atoms with Crippen molar-refractivity contribution >= 4 is 5.91 Å². The summed E-state index contributed by atoms with van der Waals surface area (Å²) < 4.78 is 107. The average molecular weight is 457 g/mol. The van der Waals surface area contributed by atoms with Crippen LogP contribution in [0.4, 0.5) is 35.1 Å². The normalized spacial score (nSPS) is 15.3. The highest BCUT2D eigenvalue weighted by atomic mass is 19.4. The Hall–Kier alpha value is -3.03. The maximum atomic E-state index is 13.3. The van der Waals surface area contributed by atoms with Crippen LogP contribution in [0.25, 0.3) is 5.69 Å². The summed E-state index contributed by atoms with van der Waals surface area (Å²) in [7, 11) is 0. The van der Waals surface area contributed by atoms with E-state index in [0.717, 1.165) is 17.0 Å². The Balaban J connectivity index is 2.03. The van der Waals surface area contributed by atoms with Gasteiger partial charge in [0.05, 0.1) is 22.9 Å². The Morgan fingerprint density at radius 3 is 2.26 bits per heavy atom. The smallest absolute Gasteiger partial charge is 0.332 e. The number of halogens is 8. The van der Waals surface area contributed by atoms with E-state index >= 15 is 0 Å². The third kappa shape index (κ3) is 4.84. The van der Waals surface area contributed by atoms with Crippen molar-refractivity contribution in [2.45, 2.75) is 25.1 Å². The summed E-state index contributed by atoms with van der Waals surface area (Å²) in [4.78, 5) is 25.3. The third-order valence-electron chi connectivity index (χ3n) is 4.29. The van der Waals surface area contributed by atoms with Crippen molar-refractivity contribution in [3.63, 3.8) is 0 Å². The van der Waals surface area contributed by atoms with Crippen molar-refractivity contribution < 1.29 is 44.7 Å². The Kier molecular flexibility index (Phi) is 5.78. The molecule has 1 saturated heterocycles. The zero-order valence-corrected chi connectivity index (χ0v) is 15.0. The van der Waals surface area contributed by atoms with Gasteiger partial charge in [0.1, 0.15) is 0 Å². The summed E-state index contributed by atoms with van der Waals surface area (Å²) in [5.74, 6) is -1.35. The maximum absolute atomic E-state index is 13.3. The molecule has 1 aliphatic heterocycles. The monoisotopic (exact) mass is 457 g/mol. The average Bonchev–Trinajstić information content (AvgIpc) is 2.62. The van der Waals surface area contributed by atoms with E-state index in [1.54, 1.807) is 0 Å². The van der Waals surface area contributed by atoms with Crippen molar-refractivity contribution in [1.82, 2.24) is 14.7 Å². The largest absolute Gasteiger partial charge is 0.418 e. The van der Waals surface area contributed by atoms with Gasteiger partial charge >= 0.3 is 19.0 Å². The molecule has 0 radical (unpaired) electrons. The van der Waals surface area contributed by atoms with Gasteiger partial charge in [0.25, 0.3) is 11.5 Å². The number of carbonyl (C=O) groups excluding carboxylic acids is 1. The maximum Gasteiger partial charge on any atom is 0.418 e. The zero-order valence-electron chi connectivity index (χ0n) is 15.0. The predicted octanol–water partition coefficient (Wildman–Crippen LogP) is 3.33. The molecular formula is C17H11F8N3O3. The van der Waals surface area contributed by atoms with Gasteiger partial charge in [0.15, 0.2) is 5.69 Å². The highest BCUT2D eigenvalue weighted by molar-refractivity contribution is 5.94. The summed E-state index contributed by atoms with van der Waals surface area (Å²) in [5.41, 5.74) is -6.11. The first kappa shape index (κ1) is 22.7. The molecular weight excluding hydrogens is 446 g/mol. The molecule has 6 nitrogen and oxygen atoms in total. The number of alkyl halides is 8. The first-order valence-electron chi connectivity index (χ1n) is 8.39. The highest BCUT2D eigenvalue weighted by Crippen LogP contribution is 2.33. The zero-order chi connectivity index (χ0) is 23.1. The molecule has 2 aromatic rings. The van der Waals surface area contributed by atoms with Gasteiger partial charge in [-0.05, 0) is 18.2 Å². The molecule has 1 fully saturated rings. The molecule has 1 aromatic heterocycles. The fraction of sp³-hybridized carbons (Fsp3) is 0.353. The summed E-state index contributed by atoms with van der Waals surface area (Å²) in [6.45, 7) is -4.05. The number of benzene rings is 1. The molecule has 0 aliphatic carbocycles. The molecule has 0 saturated carbocycles. The van der Waals surface area contributed by atoms with Crippen LogP contribution >= 0.6 is 0 Å². The van der Waals surface area contributed by atoms with Crippen molar-refractivity contribution in [1.29, 1.82) is 0 Å². The number of amides is 1. The molecule has 0 unspecified atom stereocenters. The third-order valence-corrected chi connectivity index (χ3v) is 4.29. The van der Waals surface area contributed by atoms with Crippen LogP contribution in [0.5, 0.6) is 0 Å². The Labute approximate surface area is 167 Å². The number of rotatable bonds is 4. The van der Waals surface area contributed by atoms with E-state index in [4.69, 9.17) is 0 Å². The number of aromatic nitrogens is 2. The fourth-order valence-corrected chi connectivity index (χ4v) is 2.81. The lowest BCUT2D eigenvalue weighted by Gasteiger charge is -2.38. The van der Waals surface area contributed by atoms with Gasteiger partial charge in [0.2, 0.25) is 0 Å². The first-order chi connectivity index (χ1) is 14.3. The minimum Gasteiger partial charge on any atom is -0.332 e. The van der Waals surface area contributed by atoms with E-state index in [1.165, 1.54) is 0 Å². The second kappa shape index (κ2) is 7.90. The van der Waals surface area contributed by atoms with Crippen LogP contribution in [0.1, 0.15) is 21.6 Å². The standard InChI is InChI=1S/C17H11F8N3O3/c18-15(19)31-10-6-27(7-10)14(30)13-11(17(23,24)25)5-12(29)28(26-13)9-3-1-2-8(4-9)16(20,21)22/h1-5,10,15H,6-7H2. The highest BCUT2D eigenvalue weighted by Gasteiger charge is 2.42. The van der Waals surface area contributed by atoms with Crippen molar-refractivity contribution in [2.24, 2.45) is 0 Å². The van der Waals surface area contributed by atoms with Crippen molar-refractivity contribution in [3.05, 3.63) is 57.5 Å². The van der Waals surface area contributed by atoms with Gasteiger partial charge < -0.3 is 9.64 Å². The van der Waals surface area contributed by atoms with Crippen LogP contribution in [-0.4, -0.2) is 46.4 Å². The molecule has 0 bridgehead atoms. The molecule has 1 amide bonds. The summed E-state index contributed by atoms with van der Waals surface area (Å²) >= 11 is 0. The molecule has 3 rings (SSSR count). The van der Waals surface area contributed by atoms with Gasteiger partial charge in [0, 0.05) is 19.2 Å². The number of nitrogens with zero attached hydrogens (tertiary/aromatic N) is 3. The minimum atomic E-state index is -5.19. The van der Waals surface area contributed by atoms with Crippen LogP contribution in [0.2, 0.25) is 0 Å². The van der Waals surface area contributed by atoms with Crippen LogP contribution in [0, 0.1) is 0 Å². The Bertz CT molecular complexity index is 1040. The molecule has 31 heavy (non-hydrogen) atoms. The Morgan fingerprint density at radius 2 is 1.71 bits per heavy atom. The van der Waals surface area contributed by atoms with E-state index < -0.39 is 72.1 Å². The number of likely N-dealkylation sites (tertiary alicyclic amines) is 1. The fourth-order valence-electron chi connectivity index (χ4n) is 2.81. The van der Waals surface area contributed by atoms with Crippen molar-refractivity contribution in [3.8, 4) is 5.69 Å². The first-order valence-corrected chi connectivity index (χ1v) is 8.39. The molecule has 0 atom stereocenters. The molecule has 0 N–H and O–H groups in total. The van der Waals surface area contributed by atoms with Gasteiger partial charge in [-0.15, -0.1) is 0 Å². The van der Waals surface area contributed by atoms with E-state index in [9.17, 15) is 44.7 Å². The SMILES string of the molecule is O=C(c1nn(-c2cccc(C(F)(F)F)c2)c(=O)cc1C(F)(F)F)N1CC(OC(F)F)C1. The van der Waals surface area contributed by atoms with Crippen LogP contribution in [0.15, 0.2) is 35.1 Å². The van der Waals surface area contributed by atoms with Crippen LogP contribution in [0.3, 0.4) is 0 Å².